The Balaban J connectivity index is 2.06. The van der Waals surface area contributed by atoms with Crippen molar-refractivity contribution < 1.29 is 18.4 Å². The fourth-order valence-corrected chi connectivity index (χ4v) is 3.26. The number of amides is 2. The smallest absolute Gasteiger partial charge is 0.251 e. The highest BCUT2D eigenvalue weighted by molar-refractivity contribution is 7.98. The Morgan fingerprint density at radius 3 is 2.04 bits per heavy atom. The molecule has 2 rings (SSSR count). The number of nitrogens with one attached hydrogen (secondary N) is 2. The molecule has 0 aliphatic rings. The van der Waals surface area contributed by atoms with Crippen molar-refractivity contribution in [3.05, 3.63) is 70.3 Å². The maximum atomic E-state index is 13.5. The van der Waals surface area contributed by atoms with Gasteiger partial charge in [-0.1, -0.05) is 12.1 Å². The highest BCUT2D eigenvalue weighted by Gasteiger charge is 2.18. The van der Waals surface area contributed by atoms with E-state index in [1.807, 2.05) is 6.26 Å². The van der Waals surface area contributed by atoms with Crippen LogP contribution in [-0.4, -0.2) is 36.4 Å². The summed E-state index contributed by atoms with van der Waals surface area (Å²) in [7, 11) is 0. The first-order valence-corrected chi connectivity index (χ1v) is 10.3. The molecule has 0 saturated heterocycles. The number of carbonyl (C=O) groups excluding carboxylic acids is 2. The molecule has 0 radical (unpaired) electrons. The minimum atomic E-state index is -0.482. The number of rotatable bonds is 8. The molecule has 0 aromatic heterocycles. The van der Waals surface area contributed by atoms with Gasteiger partial charge in [-0.05, 0) is 67.7 Å². The second-order valence-electron chi connectivity index (χ2n) is 6.58. The molecule has 2 N–H and O–H groups in total. The van der Waals surface area contributed by atoms with Crippen molar-refractivity contribution in [2.24, 2.45) is 0 Å². The first-order chi connectivity index (χ1) is 13.3. The maximum absolute atomic E-state index is 13.5. The molecule has 0 unspecified atom stereocenters. The van der Waals surface area contributed by atoms with Crippen LogP contribution in [-0.2, 0) is 0 Å². The van der Waals surface area contributed by atoms with Gasteiger partial charge in [0.25, 0.3) is 11.8 Å². The highest BCUT2D eigenvalue weighted by Crippen LogP contribution is 2.12. The summed E-state index contributed by atoms with van der Waals surface area (Å²) in [6.07, 6.45) is 2.58. The lowest BCUT2D eigenvalue weighted by Gasteiger charge is -2.20. The van der Waals surface area contributed by atoms with Crippen LogP contribution in [0, 0.1) is 25.5 Å². The average Bonchev–Trinajstić information content (AvgIpc) is 2.67. The van der Waals surface area contributed by atoms with Crippen LogP contribution in [0.5, 0.6) is 0 Å². The second-order valence-corrected chi connectivity index (χ2v) is 7.57. The normalized spacial score (nSPS) is 11.8. The molecule has 2 aromatic carbocycles. The van der Waals surface area contributed by atoms with Crippen LogP contribution in [0.3, 0.4) is 0 Å². The number of aryl methyl sites for hydroxylation is 2. The molecule has 2 amide bonds. The van der Waals surface area contributed by atoms with Crippen LogP contribution >= 0.6 is 11.8 Å². The van der Waals surface area contributed by atoms with Gasteiger partial charge in [0.2, 0.25) is 0 Å². The van der Waals surface area contributed by atoms with Gasteiger partial charge < -0.3 is 10.6 Å². The Kier molecular flexibility index (Phi) is 7.99. The quantitative estimate of drug-likeness (QED) is 0.700. The lowest BCUT2D eigenvalue weighted by atomic mass is 10.1. The van der Waals surface area contributed by atoms with Crippen molar-refractivity contribution in [1.82, 2.24) is 10.6 Å². The van der Waals surface area contributed by atoms with Crippen LogP contribution in [0.1, 0.15) is 38.3 Å². The summed E-state index contributed by atoms with van der Waals surface area (Å²) in [6, 6.07) is 7.76. The second kappa shape index (κ2) is 10.2. The van der Waals surface area contributed by atoms with E-state index in [0.717, 1.165) is 5.75 Å². The Morgan fingerprint density at radius 1 is 0.964 bits per heavy atom. The van der Waals surface area contributed by atoms with E-state index in [-0.39, 0.29) is 29.6 Å². The summed E-state index contributed by atoms with van der Waals surface area (Å²) in [5, 5.41) is 5.62. The summed E-state index contributed by atoms with van der Waals surface area (Å²) < 4.78 is 26.9. The zero-order valence-electron chi connectivity index (χ0n) is 16.1. The van der Waals surface area contributed by atoms with E-state index >= 15 is 0 Å². The van der Waals surface area contributed by atoms with E-state index in [1.165, 1.54) is 24.3 Å². The molecule has 1 atom stereocenters. The van der Waals surface area contributed by atoms with Crippen molar-refractivity contribution in [1.29, 1.82) is 0 Å². The van der Waals surface area contributed by atoms with Gasteiger partial charge in [0.05, 0.1) is 0 Å². The van der Waals surface area contributed by atoms with Crippen molar-refractivity contribution >= 4 is 23.6 Å². The minimum Gasteiger partial charge on any atom is -0.350 e. The monoisotopic (exact) mass is 406 g/mol. The Labute approximate surface area is 168 Å². The van der Waals surface area contributed by atoms with Crippen molar-refractivity contribution in [3.8, 4) is 0 Å². The molecule has 0 saturated carbocycles. The molecule has 0 heterocycles. The van der Waals surface area contributed by atoms with Crippen molar-refractivity contribution in [2.75, 3.05) is 18.6 Å². The van der Waals surface area contributed by atoms with Gasteiger partial charge in [-0.2, -0.15) is 11.8 Å². The van der Waals surface area contributed by atoms with Crippen LogP contribution in [0.2, 0.25) is 0 Å². The number of hydrogen-bond donors (Lipinski definition) is 2. The zero-order valence-corrected chi connectivity index (χ0v) is 17.0. The third-order valence-electron chi connectivity index (χ3n) is 4.40. The molecule has 0 aliphatic heterocycles. The lowest BCUT2D eigenvalue weighted by Crippen LogP contribution is -2.44. The van der Waals surface area contributed by atoms with Crippen molar-refractivity contribution in [3.63, 3.8) is 0 Å². The van der Waals surface area contributed by atoms with Gasteiger partial charge in [-0.15, -0.1) is 0 Å². The summed E-state index contributed by atoms with van der Waals surface area (Å²) in [5.74, 6) is -0.973. The lowest BCUT2D eigenvalue weighted by molar-refractivity contribution is 0.0907. The summed E-state index contributed by atoms with van der Waals surface area (Å²) >= 11 is 1.62. The topological polar surface area (TPSA) is 58.2 Å². The highest BCUT2D eigenvalue weighted by atomic mass is 32.2. The summed E-state index contributed by atoms with van der Waals surface area (Å²) in [4.78, 5) is 25.0. The summed E-state index contributed by atoms with van der Waals surface area (Å²) in [5.41, 5.74) is 1.86. The number of thioether (sulfide) groups is 1. The fraction of sp³-hybridized carbons (Fsp3) is 0.333. The Hall–Kier alpha value is -2.41. The van der Waals surface area contributed by atoms with Gasteiger partial charge in [-0.25, -0.2) is 8.78 Å². The molecule has 28 heavy (non-hydrogen) atoms. The predicted octanol–water partition coefficient (Wildman–Crippen LogP) is 3.86. The van der Waals surface area contributed by atoms with E-state index in [9.17, 15) is 18.4 Å². The Bertz CT molecular complexity index is 858. The molecule has 0 fully saturated rings. The van der Waals surface area contributed by atoms with E-state index in [1.54, 1.807) is 37.7 Å². The van der Waals surface area contributed by atoms with Crippen LogP contribution in [0.25, 0.3) is 0 Å². The van der Waals surface area contributed by atoms with Gasteiger partial charge in [-0.3, -0.25) is 9.59 Å². The third kappa shape index (κ3) is 6.05. The van der Waals surface area contributed by atoms with E-state index in [0.29, 0.717) is 17.5 Å². The first kappa shape index (κ1) is 21.9. The molecular weight excluding hydrogens is 382 g/mol. The standard InChI is InChI=1S/C21H24F2N2O2S/c1-13-4-6-15(22)10-18(13)20(26)24-12-17(8-9-28-3)25-21(27)19-11-16(23)7-5-14(19)2/h4-7,10-11,17H,8-9,12H2,1-3H3,(H,24,26)(H,25,27)/t17-/m0/s1. The molecule has 150 valence electrons. The largest absolute Gasteiger partial charge is 0.350 e. The third-order valence-corrected chi connectivity index (χ3v) is 5.05. The molecule has 0 bridgehead atoms. The van der Waals surface area contributed by atoms with E-state index < -0.39 is 17.5 Å². The Morgan fingerprint density at radius 2 is 1.50 bits per heavy atom. The van der Waals surface area contributed by atoms with E-state index in [4.69, 9.17) is 0 Å². The molecule has 0 aliphatic carbocycles. The predicted molar refractivity (Wildman–Crippen MR) is 109 cm³/mol. The number of benzene rings is 2. The zero-order chi connectivity index (χ0) is 20.7. The number of carbonyl (C=O) groups is 2. The van der Waals surface area contributed by atoms with Gasteiger partial charge in [0.1, 0.15) is 11.6 Å². The SMILES string of the molecule is CSCC[C@@H](CNC(=O)c1cc(F)ccc1C)NC(=O)c1cc(F)ccc1C. The maximum Gasteiger partial charge on any atom is 0.251 e. The van der Waals surface area contributed by atoms with Crippen molar-refractivity contribution in [2.45, 2.75) is 26.3 Å². The number of halogens is 2. The first-order valence-electron chi connectivity index (χ1n) is 8.92. The van der Waals surface area contributed by atoms with Gasteiger partial charge in [0.15, 0.2) is 0 Å². The molecule has 0 spiro atoms. The van der Waals surface area contributed by atoms with Gasteiger partial charge in [0, 0.05) is 23.7 Å². The fourth-order valence-electron chi connectivity index (χ4n) is 2.74. The molecule has 4 nitrogen and oxygen atoms in total. The number of hydrogen-bond acceptors (Lipinski definition) is 3. The minimum absolute atomic E-state index is 0.190. The van der Waals surface area contributed by atoms with Crippen LogP contribution < -0.4 is 10.6 Å². The summed E-state index contributed by atoms with van der Waals surface area (Å²) in [6.45, 7) is 3.66. The average molecular weight is 406 g/mol. The van der Waals surface area contributed by atoms with E-state index in [2.05, 4.69) is 10.6 Å². The molecule has 7 heteroatoms. The van der Waals surface area contributed by atoms with Crippen LogP contribution in [0.15, 0.2) is 36.4 Å². The molecule has 2 aromatic rings. The van der Waals surface area contributed by atoms with Crippen LogP contribution in [0.4, 0.5) is 8.78 Å². The van der Waals surface area contributed by atoms with Gasteiger partial charge >= 0.3 is 0 Å². The molecular formula is C21H24F2N2O2S.